The number of carbonyl (C=O) groups is 2. The van der Waals surface area contributed by atoms with Crippen LogP contribution in [-0.4, -0.2) is 82.9 Å². The van der Waals surface area contributed by atoms with Gasteiger partial charge in [0.25, 0.3) is 0 Å². The number of methoxy groups -OCH3 is 1. The summed E-state index contributed by atoms with van der Waals surface area (Å²) < 4.78 is 27.4. The van der Waals surface area contributed by atoms with E-state index < -0.39 is 17.4 Å². The van der Waals surface area contributed by atoms with Crippen molar-refractivity contribution >= 4 is 35.0 Å². The zero-order valence-corrected chi connectivity index (χ0v) is 22.9. The zero-order chi connectivity index (χ0) is 27.9. The fourth-order valence-corrected chi connectivity index (χ4v) is 5.15. The Labute approximate surface area is 226 Å². The smallest absolute Gasteiger partial charge is 0.410 e. The molecule has 3 aromatic heterocycles. The molecule has 1 fully saturated rings. The largest absolute Gasteiger partial charge is 0.444 e. The molecule has 1 saturated heterocycles. The van der Waals surface area contributed by atoms with Crippen LogP contribution in [0.5, 0.6) is 0 Å². The molecule has 3 amide bonds. The summed E-state index contributed by atoms with van der Waals surface area (Å²) in [6, 6.07) is 2.57. The lowest BCUT2D eigenvalue weighted by atomic mass is 10.1. The molecule has 39 heavy (non-hydrogen) atoms. The Bertz CT molecular complexity index is 1400. The Hall–Kier alpha value is -3.93. The first-order chi connectivity index (χ1) is 18.5. The molecule has 5 heterocycles. The van der Waals surface area contributed by atoms with Crippen molar-refractivity contribution in [3.05, 3.63) is 47.8 Å². The Morgan fingerprint density at radius 1 is 1.21 bits per heavy atom. The molecule has 12 heteroatoms. The van der Waals surface area contributed by atoms with E-state index in [9.17, 15) is 14.0 Å². The average molecular weight is 540 g/mol. The maximum Gasteiger partial charge on any atom is 0.410 e. The molecule has 0 aliphatic carbocycles. The van der Waals surface area contributed by atoms with Gasteiger partial charge < -0.3 is 24.1 Å². The highest BCUT2D eigenvalue weighted by atomic mass is 19.1. The molecule has 0 spiro atoms. The molecule has 208 valence electrons. The summed E-state index contributed by atoms with van der Waals surface area (Å²) in [6.45, 7) is 9.76. The molecule has 11 nitrogen and oxygen atoms in total. The summed E-state index contributed by atoms with van der Waals surface area (Å²) in [5.41, 5.74) is 2.60. The van der Waals surface area contributed by atoms with Crippen LogP contribution in [0.25, 0.3) is 5.65 Å². The van der Waals surface area contributed by atoms with Gasteiger partial charge in [0.1, 0.15) is 17.1 Å². The van der Waals surface area contributed by atoms with Crippen LogP contribution in [0.3, 0.4) is 0 Å². The van der Waals surface area contributed by atoms with E-state index in [0.29, 0.717) is 50.7 Å². The zero-order valence-electron chi connectivity index (χ0n) is 22.9. The van der Waals surface area contributed by atoms with E-state index in [1.807, 2.05) is 33.8 Å². The van der Waals surface area contributed by atoms with Crippen LogP contribution in [0, 0.1) is 12.7 Å². The lowest BCUT2D eigenvalue weighted by Gasteiger charge is -2.42. The van der Waals surface area contributed by atoms with Crippen LogP contribution in [0.15, 0.2) is 30.7 Å². The number of anilines is 3. The number of ether oxygens (including phenoxy) is 2. The van der Waals surface area contributed by atoms with E-state index in [1.54, 1.807) is 28.8 Å². The van der Waals surface area contributed by atoms with E-state index in [0.717, 1.165) is 16.9 Å². The van der Waals surface area contributed by atoms with Gasteiger partial charge >= 0.3 is 12.1 Å². The van der Waals surface area contributed by atoms with Crippen LogP contribution < -0.4 is 15.1 Å². The maximum absolute atomic E-state index is 14.7. The molecule has 0 radical (unpaired) electrons. The van der Waals surface area contributed by atoms with Gasteiger partial charge in [-0.1, -0.05) is 0 Å². The number of imidazole rings is 1. The van der Waals surface area contributed by atoms with Gasteiger partial charge in [0.15, 0.2) is 5.82 Å². The van der Waals surface area contributed by atoms with Gasteiger partial charge in [0, 0.05) is 69.2 Å². The third-order valence-electron chi connectivity index (χ3n) is 6.81. The number of urea groups is 1. The van der Waals surface area contributed by atoms with Crippen LogP contribution in [0.1, 0.15) is 32.0 Å². The standard InChI is InChI=1S/C27H34FN7O4/c1-17-13-33-15-21(20(28)12-23(33)30-17)31-25(36)35-9-7-19-22(6-8-29-24(19)35)32-10-11-34(18(14-32)16-38-5)26(37)39-27(2,3)4/h6,8,12-13,15,18H,7,9-11,14,16H2,1-5H3,(H,31,36)/t18-/m1/s1. The molecule has 0 unspecified atom stereocenters. The number of nitrogens with one attached hydrogen (secondary N) is 1. The highest BCUT2D eigenvalue weighted by Gasteiger charge is 2.36. The van der Waals surface area contributed by atoms with Crippen molar-refractivity contribution in [2.45, 2.75) is 45.8 Å². The number of pyridine rings is 2. The number of fused-ring (bicyclic) bond motifs is 2. The number of rotatable bonds is 4. The highest BCUT2D eigenvalue weighted by molar-refractivity contribution is 6.03. The number of nitrogens with zero attached hydrogens (tertiary/aromatic N) is 6. The van der Waals surface area contributed by atoms with Crippen molar-refractivity contribution in [1.82, 2.24) is 19.3 Å². The Morgan fingerprint density at radius 3 is 2.74 bits per heavy atom. The summed E-state index contributed by atoms with van der Waals surface area (Å²) in [7, 11) is 1.61. The lowest BCUT2D eigenvalue weighted by molar-refractivity contribution is 0.00342. The number of halogens is 1. The second-order valence-corrected chi connectivity index (χ2v) is 10.9. The molecular weight excluding hydrogens is 505 g/mol. The number of aryl methyl sites for hydroxylation is 1. The molecular formula is C27H34FN7O4. The highest BCUT2D eigenvalue weighted by Crippen LogP contribution is 2.35. The second kappa shape index (κ2) is 10.3. The first-order valence-corrected chi connectivity index (χ1v) is 13.0. The van der Waals surface area contributed by atoms with Crippen molar-refractivity contribution in [3.8, 4) is 0 Å². The molecule has 2 aliphatic rings. The van der Waals surface area contributed by atoms with Gasteiger partial charge in [-0.2, -0.15) is 0 Å². The minimum atomic E-state index is -0.589. The van der Waals surface area contributed by atoms with Crippen LogP contribution >= 0.6 is 0 Å². The predicted molar refractivity (Wildman–Crippen MR) is 145 cm³/mol. The Morgan fingerprint density at radius 2 is 2.00 bits per heavy atom. The van der Waals surface area contributed by atoms with Crippen LogP contribution in [0.4, 0.5) is 31.2 Å². The number of hydrogen-bond acceptors (Lipinski definition) is 7. The van der Waals surface area contributed by atoms with E-state index in [2.05, 4.69) is 20.2 Å². The number of amides is 3. The average Bonchev–Trinajstić information content (AvgIpc) is 3.45. The van der Waals surface area contributed by atoms with E-state index in [1.165, 1.54) is 17.2 Å². The van der Waals surface area contributed by atoms with Crippen LogP contribution in [0.2, 0.25) is 0 Å². The topological polar surface area (TPSA) is 105 Å². The first kappa shape index (κ1) is 26.7. The van der Waals surface area contributed by atoms with Crippen molar-refractivity contribution in [2.24, 2.45) is 0 Å². The minimum absolute atomic E-state index is 0.0650. The number of hydrogen-bond donors (Lipinski definition) is 1. The third kappa shape index (κ3) is 5.47. The summed E-state index contributed by atoms with van der Waals surface area (Å²) in [5, 5.41) is 2.69. The monoisotopic (exact) mass is 539 g/mol. The van der Waals surface area contributed by atoms with E-state index >= 15 is 0 Å². The van der Waals surface area contributed by atoms with Crippen molar-refractivity contribution in [2.75, 3.05) is 55.0 Å². The fraction of sp³-hybridized carbons (Fsp3) is 0.481. The minimum Gasteiger partial charge on any atom is -0.444 e. The molecule has 1 N–H and O–H groups in total. The lowest BCUT2D eigenvalue weighted by Crippen LogP contribution is -2.58. The number of carbonyl (C=O) groups excluding carboxylic acids is 2. The van der Waals surface area contributed by atoms with Gasteiger partial charge in [0.2, 0.25) is 0 Å². The van der Waals surface area contributed by atoms with Gasteiger partial charge in [-0.25, -0.2) is 23.9 Å². The van der Waals surface area contributed by atoms with Crippen molar-refractivity contribution in [1.29, 1.82) is 0 Å². The maximum atomic E-state index is 14.7. The molecule has 5 rings (SSSR count). The molecule has 3 aromatic rings. The SMILES string of the molecule is COC[C@H]1CN(c2ccnc3c2CCN3C(=O)Nc2cn3cc(C)nc3cc2F)CCN1C(=O)OC(C)(C)C. The summed E-state index contributed by atoms with van der Waals surface area (Å²) in [5.74, 6) is -0.0163. The summed E-state index contributed by atoms with van der Waals surface area (Å²) in [6.07, 6.45) is 5.21. The number of aromatic nitrogens is 3. The summed E-state index contributed by atoms with van der Waals surface area (Å²) >= 11 is 0. The van der Waals surface area contributed by atoms with Crippen molar-refractivity contribution < 1.29 is 23.5 Å². The first-order valence-electron chi connectivity index (χ1n) is 13.0. The second-order valence-electron chi connectivity index (χ2n) is 10.9. The van der Waals surface area contributed by atoms with E-state index in [-0.39, 0.29) is 17.8 Å². The van der Waals surface area contributed by atoms with Crippen LogP contribution in [-0.2, 0) is 15.9 Å². The quantitative estimate of drug-likeness (QED) is 0.537. The number of piperazine rings is 1. The predicted octanol–water partition coefficient (Wildman–Crippen LogP) is 3.84. The molecule has 0 saturated carbocycles. The molecule has 2 aliphatic heterocycles. The fourth-order valence-electron chi connectivity index (χ4n) is 5.15. The van der Waals surface area contributed by atoms with Gasteiger partial charge in [-0.05, 0) is 40.2 Å². The normalized spacial score (nSPS) is 17.5. The van der Waals surface area contributed by atoms with Crippen molar-refractivity contribution in [3.63, 3.8) is 0 Å². The van der Waals surface area contributed by atoms with Gasteiger partial charge in [-0.3, -0.25) is 9.80 Å². The molecule has 1 atom stereocenters. The molecule has 0 bridgehead atoms. The van der Waals surface area contributed by atoms with Gasteiger partial charge in [-0.15, -0.1) is 0 Å². The van der Waals surface area contributed by atoms with E-state index in [4.69, 9.17) is 9.47 Å². The summed E-state index contributed by atoms with van der Waals surface area (Å²) in [4.78, 5) is 40.2. The Balaban J connectivity index is 1.33. The third-order valence-corrected chi connectivity index (χ3v) is 6.81. The Kier molecular flexibility index (Phi) is 7.06. The molecule has 0 aromatic carbocycles. The van der Waals surface area contributed by atoms with Gasteiger partial charge in [0.05, 0.1) is 24.0 Å².